The molecule has 0 fully saturated rings. The van der Waals surface area contributed by atoms with Crippen LogP contribution in [-0.4, -0.2) is 10.8 Å². The molecule has 0 saturated heterocycles. The first-order valence-corrected chi connectivity index (χ1v) is 6.15. The van der Waals surface area contributed by atoms with E-state index in [4.69, 9.17) is 16.0 Å². The molecule has 0 saturated carbocycles. The van der Waals surface area contributed by atoms with E-state index < -0.39 is 10.8 Å². The molecule has 0 aliphatic rings. The highest BCUT2D eigenvalue weighted by molar-refractivity contribution is 9.10. The summed E-state index contributed by atoms with van der Waals surface area (Å²) in [4.78, 5) is 22.1. The van der Waals surface area contributed by atoms with Gasteiger partial charge >= 0.3 is 0 Å². The second kappa shape index (κ2) is 5.41. The van der Waals surface area contributed by atoms with Gasteiger partial charge in [-0.3, -0.25) is 14.9 Å². The highest BCUT2D eigenvalue weighted by atomic mass is 79.9. The Bertz CT molecular complexity index is 656. The maximum Gasteiger partial charge on any atom is 0.293 e. The van der Waals surface area contributed by atoms with Gasteiger partial charge in [0.2, 0.25) is 0 Å². The quantitative estimate of drug-likeness (QED) is 0.676. The summed E-state index contributed by atoms with van der Waals surface area (Å²) in [5, 5.41) is 13.3. The molecule has 2 rings (SSSR count). The SMILES string of the molecule is O=C(Nc1ccc(Br)cc1[N+](=O)[O-])c1ccc(Cl)o1. The Labute approximate surface area is 120 Å². The third-order valence-corrected chi connectivity index (χ3v) is 2.90. The minimum Gasteiger partial charge on any atom is -0.440 e. The third kappa shape index (κ3) is 3.12. The summed E-state index contributed by atoms with van der Waals surface area (Å²) >= 11 is 8.67. The van der Waals surface area contributed by atoms with Gasteiger partial charge in [-0.2, -0.15) is 0 Å². The molecule has 0 spiro atoms. The van der Waals surface area contributed by atoms with Crippen molar-refractivity contribution in [2.45, 2.75) is 0 Å². The predicted octanol–water partition coefficient (Wildman–Crippen LogP) is 3.86. The monoisotopic (exact) mass is 344 g/mol. The van der Waals surface area contributed by atoms with Crippen LogP contribution in [-0.2, 0) is 0 Å². The Morgan fingerprint density at radius 3 is 2.68 bits per heavy atom. The number of nitrogens with zero attached hydrogens (tertiary/aromatic N) is 1. The van der Waals surface area contributed by atoms with Gasteiger partial charge in [0.25, 0.3) is 11.6 Å². The van der Waals surface area contributed by atoms with Crippen molar-refractivity contribution in [3.8, 4) is 0 Å². The Hall–Kier alpha value is -1.86. The largest absolute Gasteiger partial charge is 0.440 e. The fourth-order valence-electron chi connectivity index (χ4n) is 1.38. The molecule has 0 atom stereocenters. The zero-order chi connectivity index (χ0) is 14.0. The molecule has 1 heterocycles. The fourth-order valence-corrected chi connectivity index (χ4v) is 1.88. The molecule has 1 amide bonds. The van der Waals surface area contributed by atoms with E-state index in [2.05, 4.69) is 21.2 Å². The van der Waals surface area contributed by atoms with Gasteiger partial charge in [0.1, 0.15) is 5.69 Å². The molecule has 8 heteroatoms. The summed E-state index contributed by atoms with van der Waals surface area (Å²) < 4.78 is 5.46. The Morgan fingerprint density at radius 2 is 2.11 bits per heavy atom. The van der Waals surface area contributed by atoms with Crippen molar-refractivity contribution in [3.05, 3.63) is 55.9 Å². The number of hydrogen-bond acceptors (Lipinski definition) is 4. The van der Waals surface area contributed by atoms with Crippen LogP contribution in [0.5, 0.6) is 0 Å². The number of amides is 1. The van der Waals surface area contributed by atoms with Crippen molar-refractivity contribution in [2.24, 2.45) is 0 Å². The van der Waals surface area contributed by atoms with E-state index in [0.717, 1.165) is 0 Å². The lowest BCUT2D eigenvalue weighted by atomic mass is 10.2. The van der Waals surface area contributed by atoms with Crippen molar-refractivity contribution in [1.29, 1.82) is 0 Å². The summed E-state index contributed by atoms with van der Waals surface area (Å²) in [6.45, 7) is 0. The highest BCUT2D eigenvalue weighted by Gasteiger charge is 2.18. The Kier molecular flexibility index (Phi) is 3.87. The average Bonchev–Trinajstić information content (AvgIpc) is 2.78. The predicted molar refractivity (Wildman–Crippen MR) is 72.5 cm³/mol. The number of nitro groups is 1. The standard InChI is InChI=1S/C11H6BrClN2O4/c12-6-1-2-7(8(5-6)15(17)18)14-11(16)9-3-4-10(13)19-9/h1-5H,(H,14,16). The lowest BCUT2D eigenvalue weighted by Crippen LogP contribution is -2.12. The first-order chi connectivity index (χ1) is 8.97. The second-order valence-corrected chi connectivity index (χ2v) is 4.76. The number of carbonyl (C=O) groups excluding carboxylic acids is 1. The number of nitro benzene ring substituents is 1. The maximum atomic E-state index is 11.8. The number of halogens is 2. The number of carbonyl (C=O) groups is 1. The molecular weight excluding hydrogens is 339 g/mol. The topological polar surface area (TPSA) is 85.4 Å². The molecule has 1 aromatic heterocycles. The molecule has 1 aromatic carbocycles. The van der Waals surface area contributed by atoms with E-state index in [-0.39, 0.29) is 22.4 Å². The van der Waals surface area contributed by atoms with Crippen LogP contribution in [0.4, 0.5) is 11.4 Å². The Balaban J connectivity index is 2.28. The summed E-state index contributed by atoms with van der Waals surface area (Å²) in [5.41, 5.74) is -0.147. The van der Waals surface area contributed by atoms with E-state index >= 15 is 0 Å². The summed E-state index contributed by atoms with van der Waals surface area (Å²) in [7, 11) is 0. The average molecular weight is 346 g/mol. The molecule has 0 aliphatic heterocycles. The van der Waals surface area contributed by atoms with Crippen molar-refractivity contribution in [2.75, 3.05) is 5.32 Å². The molecular formula is C11H6BrClN2O4. The zero-order valence-corrected chi connectivity index (χ0v) is 11.6. The lowest BCUT2D eigenvalue weighted by molar-refractivity contribution is -0.384. The van der Waals surface area contributed by atoms with Crippen LogP contribution in [0.25, 0.3) is 0 Å². The second-order valence-electron chi connectivity index (χ2n) is 3.48. The van der Waals surface area contributed by atoms with Crippen LogP contribution in [0.3, 0.4) is 0 Å². The normalized spacial score (nSPS) is 10.2. The van der Waals surface area contributed by atoms with E-state index in [0.29, 0.717) is 4.47 Å². The summed E-state index contributed by atoms with van der Waals surface area (Å²) in [6.07, 6.45) is 0. The highest BCUT2D eigenvalue weighted by Crippen LogP contribution is 2.28. The molecule has 0 unspecified atom stereocenters. The van der Waals surface area contributed by atoms with Gasteiger partial charge in [-0.1, -0.05) is 15.9 Å². The zero-order valence-electron chi connectivity index (χ0n) is 9.22. The van der Waals surface area contributed by atoms with Crippen LogP contribution < -0.4 is 5.32 Å². The first-order valence-electron chi connectivity index (χ1n) is 4.98. The molecule has 0 bridgehead atoms. The molecule has 2 aromatic rings. The van der Waals surface area contributed by atoms with Gasteiger partial charge < -0.3 is 9.73 Å². The van der Waals surface area contributed by atoms with Crippen molar-refractivity contribution >= 4 is 44.8 Å². The first kappa shape index (κ1) is 13.6. The number of furan rings is 1. The maximum absolute atomic E-state index is 11.8. The number of benzene rings is 1. The van der Waals surface area contributed by atoms with E-state index in [1.807, 2.05) is 0 Å². The molecule has 0 aliphatic carbocycles. The van der Waals surface area contributed by atoms with Crippen molar-refractivity contribution in [3.63, 3.8) is 0 Å². The van der Waals surface area contributed by atoms with Crippen LogP contribution in [0.1, 0.15) is 10.6 Å². The lowest BCUT2D eigenvalue weighted by Gasteiger charge is -2.04. The Morgan fingerprint density at radius 1 is 1.37 bits per heavy atom. The van der Waals surface area contributed by atoms with E-state index in [9.17, 15) is 14.9 Å². The van der Waals surface area contributed by atoms with Crippen LogP contribution in [0.2, 0.25) is 5.22 Å². The number of nitrogens with one attached hydrogen (secondary N) is 1. The van der Waals surface area contributed by atoms with E-state index in [1.165, 1.54) is 24.3 Å². The van der Waals surface area contributed by atoms with Crippen LogP contribution in [0.15, 0.2) is 39.2 Å². The van der Waals surface area contributed by atoms with Gasteiger partial charge in [0.05, 0.1) is 4.92 Å². The summed E-state index contributed by atoms with van der Waals surface area (Å²) in [6, 6.07) is 7.09. The van der Waals surface area contributed by atoms with Gasteiger partial charge in [-0.15, -0.1) is 0 Å². The van der Waals surface area contributed by atoms with Gasteiger partial charge in [-0.05, 0) is 35.9 Å². The van der Waals surface area contributed by atoms with Gasteiger partial charge in [0.15, 0.2) is 11.0 Å². The van der Waals surface area contributed by atoms with Gasteiger partial charge in [-0.25, -0.2) is 0 Å². The minimum atomic E-state index is -0.614. The fraction of sp³-hybridized carbons (Fsp3) is 0. The van der Waals surface area contributed by atoms with Crippen LogP contribution in [0, 0.1) is 10.1 Å². The third-order valence-electron chi connectivity index (χ3n) is 2.20. The van der Waals surface area contributed by atoms with Gasteiger partial charge in [0, 0.05) is 10.5 Å². The van der Waals surface area contributed by atoms with Crippen LogP contribution >= 0.6 is 27.5 Å². The summed E-state index contributed by atoms with van der Waals surface area (Å²) in [5.74, 6) is -0.639. The molecule has 98 valence electrons. The van der Waals surface area contributed by atoms with Crippen molar-refractivity contribution in [1.82, 2.24) is 0 Å². The molecule has 0 radical (unpaired) electrons. The van der Waals surface area contributed by atoms with E-state index in [1.54, 1.807) is 6.07 Å². The molecule has 1 N–H and O–H groups in total. The molecule has 19 heavy (non-hydrogen) atoms. The van der Waals surface area contributed by atoms with Crippen molar-refractivity contribution < 1.29 is 14.1 Å². The number of anilines is 1. The molecule has 6 nitrogen and oxygen atoms in total. The smallest absolute Gasteiger partial charge is 0.293 e. The minimum absolute atomic E-state index is 0.0257. The number of hydrogen-bond donors (Lipinski definition) is 1. The number of rotatable bonds is 3.